The quantitative estimate of drug-likeness (QED) is 0.739. The van der Waals surface area contributed by atoms with E-state index in [1.165, 1.54) is 7.11 Å². The zero-order chi connectivity index (χ0) is 17.4. The molecule has 0 saturated carbocycles. The van der Waals surface area contributed by atoms with Crippen LogP contribution in [0.4, 0.5) is 5.69 Å². The maximum atomic E-state index is 12.0. The van der Waals surface area contributed by atoms with Gasteiger partial charge in [0.15, 0.2) is 6.61 Å². The van der Waals surface area contributed by atoms with E-state index in [0.29, 0.717) is 11.4 Å². The summed E-state index contributed by atoms with van der Waals surface area (Å²) in [6.45, 7) is 1.90. The number of hydrogen-bond acceptors (Lipinski definition) is 5. The van der Waals surface area contributed by atoms with Gasteiger partial charge in [-0.2, -0.15) is 0 Å². The van der Waals surface area contributed by atoms with Gasteiger partial charge in [-0.1, -0.05) is 6.07 Å². The number of methoxy groups -OCH3 is 1. The monoisotopic (exact) mass is 335 g/mol. The zero-order valence-electron chi connectivity index (χ0n) is 14.0. The fraction of sp³-hybridized carbons (Fsp3) is 0.529. The Bertz CT molecular complexity index is 555. The van der Waals surface area contributed by atoms with Crippen molar-refractivity contribution in [2.45, 2.75) is 25.4 Å². The number of carbonyl (C=O) groups excluding carboxylic acids is 2. The van der Waals surface area contributed by atoms with Gasteiger partial charge >= 0.3 is 0 Å². The highest BCUT2D eigenvalue weighted by molar-refractivity contribution is 5.91. The van der Waals surface area contributed by atoms with Crippen LogP contribution in [-0.2, 0) is 14.3 Å². The zero-order valence-corrected chi connectivity index (χ0v) is 14.0. The summed E-state index contributed by atoms with van der Waals surface area (Å²) in [5, 5.41) is 2.77. The van der Waals surface area contributed by atoms with E-state index in [1.54, 1.807) is 24.3 Å². The molecule has 1 aliphatic heterocycles. The lowest BCUT2D eigenvalue weighted by atomic mass is 10.2. The van der Waals surface area contributed by atoms with Crippen LogP contribution in [0.25, 0.3) is 0 Å². The number of amides is 2. The van der Waals surface area contributed by atoms with Crippen molar-refractivity contribution in [2.24, 2.45) is 5.73 Å². The van der Waals surface area contributed by atoms with Gasteiger partial charge in [0.2, 0.25) is 5.91 Å². The Balaban J connectivity index is 1.84. The molecule has 1 unspecified atom stereocenters. The maximum absolute atomic E-state index is 12.0. The Labute approximate surface area is 142 Å². The van der Waals surface area contributed by atoms with Crippen molar-refractivity contribution in [3.63, 3.8) is 0 Å². The number of ether oxygens (including phenoxy) is 2. The highest BCUT2D eigenvalue weighted by atomic mass is 16.5. The lowest BCUT2D eigenvalue weighted by molar-refractivity contribution is -0.132. The van der Waals surface area contributed by atoms with E-state index in [9.17, 15) is 9.59 Å². The first-order chi connectivity index (χ1) is 11.6. The lowest BCUT2D eigenvalue weighted by Gasteiger charge is -2.16. The SMILES string of the molecule is COC(CN)CC(=O)Nc1cccc(OCC(=O)N2CCCC2)c1. The second-order valence-corrected chi connectivity index (χ2v) is 5.75. The van der Waals surface area contributed by atoms with Gasteiger partial charge in [0.1, 0.15) is 5.75 Å². The molecule has 0 bridgehead atoms. The molecular formula is C17H25N3O4. The van der Waals surface area contributed by atoms with Crippen molar-refractivity contribution >= 4 is 17.5 Å². The van der Waals surface area contributed by atoms with Gasteiger partial charge < -0.3 is 25.4 Å². The van der Waals surface area contributed by atoms with Crippen molar-refractivity contribution in [1.29, 1.82) is 0 Å². The Morgan fingerprint density at radius 2 is 2.08 bits per heavy atom. The van der Waals surface area contributed by atoms with E-state index < -0.39 is 0 Å². The van der Waals surface area contributed by atoms with Crippen molar-refractivity contribution in [3.05, 3.63) is 24.3 Å². The van der Waals surface area contributed by atoms with Crippen LogP contribution >= 0.6 is 0 Å². The van der Waals surface area contributed by atoms with Crippen LogP contribution in [0.15, 0.2) is 24.3 Å². The summed E-state index contributed by atoms with van der Waals surface area (Å²) in [7, 11) is 1.52. The number of benzene rings is 1. The average molecular weight is 335 g/mol. The van der Waals surface area contributed by atoms with Crippen LogP contribution in [0.1, 0.15) is 19.3 Å². The van der Waals surface area contributed by atoms with Crippen LogP contribution < -0.4 is 15.8 Å². The second kappa shape index (κ2) is 9.24. The predicted octanol–water partition coefficient (Wildman–Crippen LogP) is 0.990. The number of anilines is 1. The molecular weight excluding hydrogens is 310 g/mol. The van der Waals surface area contributed by atoms with Crippen LogP contribution in [0.3, 0.4) is 0 Å². The van der Waals surface area contributed by atoms with Crippen molar-refractivity contribution in [1.82, 2.24) is 4.90 Å². The molecule has 1 aliphatic rings. The first-order valence-electron chi connectivity index (χ1n) is 8.15. The van der Waals surface area contributed by atoms with Gasteiger partial charge in [0, 0.05) is 38.5 Å². The summed E-state index contributed by atoms with van der Waals surface area (Å²) in [4.78, 5) is 25.7. The number of hydrogen-bond donors (Lipinski definition) is 2. The van der Waals surface area contributed by atoms with E-state index in [4.69, 9.17) is 15.2 Å². The first-order valence-corrected chi connectivity index (χ1v) is 8.15. The number of likely N-dealkylation sites (tertiary alicyclic amines) is 1. The molecule has 1 atom stereocenters. The molecule has 1 saturated heterocycles. The van der Waals surface area contributed by atoms with Crippen LogP contribution in [-0.4, -0.2) is 56.2 Å². The molecule has 0 radical (unpaired) electrons. The third-order valence-electron chi connectivity index (χ3n) is 3.95. The van der Waals surface area contributed by atoms with Crippen molar-refractivity contribution in [2.75, 3.05) is 38.7 Å². The van der Waals surface area contributed by atoms with E-state index in [0.717, 1.165) is 25.9 Å². The van der Waals surface area contributed by atoms with Crippen LogP contribution in [0, 0.1) is 0 Å². The molecule has 1 heterocycles. The molecule has 3 N–H and O–H groups in total. The molecule has 2 amide bonds. The fourth-order valence-corrected chi connectivity index (χ4v) is 2.55. The van der Waals surface area contributed by atoms with E-state index >= 15 is 0 Å². The Hall–Kier alpha value is -2.12. The molecule has 1 fully saturated rings. The summed E-state index contributed by atoms with van der Waals surface area (Å²) in [6.07, 6.45) is 1.99. The Kier molecular flexibility index (Phi) is 7.02. The van der Waals surface area contributed by atoms with E-state index in [2.05, 4.69) is 5.32 Å². The summed E-state index contributed by atoms with van der Waals surface area (Å²) in [6, 6.07) is 6.98. The molecule has 24 heavy (non-hydrogen) atoms. The maximum Gasteiger partial charge on any atom is 0.260 e. The topological polar surface area (TPSA) is 93.9 Å². The number of carbonyl (C=O) groups is 2. The molecule has 7 heteroatoms. The van der Waals surface area contributed by atoms with Gasteiger partial charge in [-0.25, -0.2) is 0 Å². The molecule has 1 aromatic carbocycles. The van der Waals surface area contributed by atoms with Gasteiger partial charge in [-0.3, -0.25) is 9.59 Å². The highest BCUT2D eigenvalue weighted by Gasteiger charge is 2.18. The second-order valence-electron chi connectivity index (χ2n) is 5.75. The molecule has 132 valence electrons. The lowest BCUT2D eigenvalue weighted by Crippen LogP contribution is -2.32. The molecule has 0 aliphatic carbocycles. The summed E-state index contributed by atoms with van der Waals surface area (Å²) in [5.74, 6) is 0.355. The van der Waals surface area contributed by atoms with Gasteiger partial charge in [-0.15, -0.1) is 0 Å². The molecule has 2 rings (SSSR count). The van der Waals surface area contributed by atoms with Crippen molar-refractivity contribution < 1.29 is 19.1 Å². The number of nitrogens with zero attached hydrogens (tertiary/aromatic N) is 1. The summed E-state index contributed by atoms with van der Waals surface area (Å²) >= 11 is 0. The summed E-state index contributed by atoms with van der Waals surface area (Å²) < 4.78 is 10.6. The minimum atomic E-state index is -0.303. The standard InChI is InChI=1S/C17H25N3O4/c1-23-15(11-18)10-16(21)19-13-5-4-6-14(9-13)24-12-17(22)20-7-2-3-8-20/h4-6,9,15H,2-3,7-8,10-12,18H2,1H3,(H,19,21). The number of nitrogens with one attached hydrogen (secondary N) is 1. The molecule has 7 nitrogen and oxygen atoms in total. The van der Waals surface area contributed by atoms with Crippen molar-refractivity contribution in [3.8, 4) is 5.75 Å². The third-order valence-corrected chi connectivity index (χ3v) is 3.95. The number of rotatable bonds is 8. The van der Waals surface area contributed by atoms with Gasteiger partial charge in [0.05, 0.1) is 12.5 Å². The normalized spacial score (nSPS) is 15.2. The molecule has 1 aromatic rings. The number of nitrogens with two attached hydrogens (primary N) is 1. The minimum absolute atomic E-state index is 0.00665. The van der Waals surface area contributed by atoms with Gasteiger partial charge in [-0.05, 0) is 25.0 Å². The Morgan fingerprint density at radius 1 is 1.33 bits per heavy atom. The van der Waals surface area contributed by atoms with Gasteiger partial charge in [0.25, 0.3) is 5.91 Å². The molecule has 0 spiro atoms. The highest BCUT2D eigenvalue weighted by Crippen LogP contribution is 2.18. The van der Waals surface area contributed by atoms with Crippen LogP contribution in [0.2, 0.25) is 0 Å². The van der Waals surface area contributed by atoms with Crippen LogP contribution in [0.5, 0.6) is 5.75 Å². The Morgan fingerprint density at radius 3 is 2.75 bits per heavy atom. The predicted molar refractivity (Wildman–Crippen MR) is 90.8 cm³/mol. The van der Waals surface area contributed by atoms with E-state index in [-0.39, 0.29) is 37.5 Å². The first kappa shape index (κ1) is 18.2. The largest absolute Gasteiger partial charge is 0.484 e. The van der Waals surface area contributed by atoms with E-state index in [1.807, 2.05) is 4.90 Å². The third kappa shape index (κ3) is 5.50. The minimum Gasteiger partial charge on any atom is -0.484 e. The summed E-state index contributed by atoms with van der Waals surface area (Å²) in [5.41, 5.74) is 6.12. The smallest absolute Gasteiger partial charge is 0.260 e. The average Bonchev–Trinajstić information content (AvgIpc) is 3.12. The molecule has 0 aromatic heterocycles. The fourth-order valence-electron chi connectivity index (χ4n) is 2.55.